The average Bonchev–Trinajstić information content (AvgIpc) is 2.81. The summed E-state index contributed by atoms with van der Waals surface area (Å²) in [4.78, 5) is 29.5. The molecule has 0 radical (unpaired) electrons. The summed E-state index contributed by atoms with van der Waals surface area (Å²) < 4.78 is 0. The molecule has 1 N–H and O–H groups in total. The predicted octanol–water partition coefficient (Wildman–Crippen LogP) is 3.93. The fourth-order valence-corrected chi connectivity index (χ4v) is 3.90. The molecular formula is C26H27N3O2. The SMILES string of the molecule is CN(C)c1ccc(C(C(=O)NC(c2ccccc2)c2ccccc2)N2CCC2=O)cc1. The maximum atomic E-state index is 13.6. The van der Waals surface area contributed by atoms with Crippen LogP contribution in [0.2, 0.25) is 0 Å². The molecule has 1 atom stereocenters. The minimum absolute atomic E-state index is 0.00723. The minimum Gasteiger partial charge on any atom is -0.378 e. The number of nitrogens with zero attached hydrogens (tertiary/aromatic N) is 2. The zero-order valence-corrected chi connectivity index (χ0v) is 17.9. The Labute approximate surface area is 183 Å². The van der Waals surface area contributed by atoms with Crippen molar-refractivity contribution in [1.29, 1.82) is 0 Å². The Hall–Kier alpha value is -3.60. The molecule has 0 bridgehead atoms. The van der Waals surface area contributed by atoms with E-state index >= 15 is 0 Å². The summed E-state index contributed by atoms with van der Waals surface area (Å²) in [5, 5.41) is 3.21. The Morgan fingerprint density at radius 2 is 1.39 bits per heavy atom. The van der Waals surface area contributed by atoms with Gasteiger partial charge in [0.1, 0.15) is 6.04 Å². The maximum absolute atomic E-state index is 13.6. The fraction of sp³-hybridized carbons (Fsp3) is 0.231. The van der Waals surface area contributed by atoms with Gasteiger partial charge in [0.25, 0.3) is 0 Å². The van der Waals surface area contributed by atoms with Gasteiger partial charge in [0, 0.05) is 32.7 Å². The molecule has 5 nitrogen and oxygen atoms in total. The summed E-state index contributed by atoms with van der Waals surface area (Å²) in [5.74, 6) is -0.170. The number of nitrogens with one attached hydrogen (secondary N) is 1. The molecule has 1 aliphatic heterocycles. The molecule has 1 aliphatic rings. The van der Waals surface area contributed by atoms with Gasteiger partial charge in [-0.2, -0.15) is 0 Å². The van der Waals surface area contributed by atoms with E-state index < -0.39 is 6.04 Å². The van der Waals surface area contributed by atoms with Crippen molar-refractivity contribution in [3.05, 3.63) is 102 Å². The molecule has 5 heteroatoms. The van der Waals surface area contributed by atoms with Gasteiger partial charge in [-0.25, -0.2) is 0 Å². The summed E-state index contributed by atoms with van der Waals surface area (Å²) in [6.07, 6.45) is 0.486. The van der Waals surface area contributed by atoms with E-state index in [1.807, 2.05) is 104 Å². The minimum atomic E-state index is -0.646. The molecule has 0 aliphatic carbocycles. The maximum Gasteiger partial charge on any atom is 0.248 e. The molecule has 0 spiro atoms. The lowest BCUT2D eigenvalue weighted by Crippen LogP contribution is -2.51. The molecular weight excluding hydrogens is 386 g/mol. The van der Waals surface area contributed by atoms with E-state index in [0.29, 0.717) is 13.0 Å². The molecule has 3 aromatic carbocycles. The number of benzene rings is 3. The Morgan fingerprint density at radius 1 is 0.839 bits per heavy atom. The summed E-state index contributed by atoms with van der Waals surface area (Å²) in [6, 6.07) is 26.7. The third kappa shape index (κ3) is 4.45. The highest BCUT2D eigenvalue weighted by molar-refractivity contribution is 5.91. The van der Waals surface area contributed by atoms with Crippen molar-refractivity contribution in [2.45, 2.75) is 18.5 Å². The Bertz CT molecular complexity index is 994. The molecule has 2 amide bonds. The van der Waals surface area contributed by atoms with Crippen LogP contribution in [-0.4, -0.2) is 37.4 Å². The molecule has 3 aromatic rings. The molecule has 31 heavy (non-hydrogen) atoms. The van der Waals surface area contributed by atoms with Crippen molar-refractivity contribution < 1.29 is 9.59 Å². The number of hydrogen-bond acceptors (Lipinski definition) is 3. The summed E-state index contributed by atoms with van der Waals surface area (Å²) in [7, 11) is 3.95. The Morgan fingerprint density at radius 3 is 1.81 bits per heavy atom. The van der Waals surface area contributed by atoms with Crippen LogP contribution in [-0.2, 0) is 9.59 Å². The highest BCUT2D eigenvalue weighted by atomic mass is 16.2. The molecule has 1 heterocycles. The van der Waals surface area contributed by atoms with Crippen molar-refractivity contribution in [2.24, 2.45) is 0 Å². The van der Waals surface area contributed by atoms with Crippen LogP contribution >= 0.6 is 0 Å². The monoisotopic (exact) mass is 413 g/mol. The van der Waals surface area contributed by atoms with Crippen LogP contribution in [0.15, 0.2) is 84.9 Å². The normalized spacial score (nSPS) is 14.2. The zero-order valence-electron chi connectivity index (χ0n) is 17.9. The highest BCUT2D eigenvalue weighted by Gasteiger charge is 2.37. The second-order valence-electron chi connectivity index (χ2n) is 7.99. The van der Waals surface area contributed by atoms with Gasteiger partial charge >= 0.3 is 0 Å². The second kappa shape index (κ2) is 9.04. The molecule has 4 rings (SSSR count). The van der Waals surface area contributed by atoms with Crippen LogP contribution in [0, 0.1) is 0 Å². The van der Waals surface area contributed by atoms with Gasteiger partial charge in [0.05, 0.1) is 6.04 Å². The van der Waals surface area contributed by atoms with Crippen molar-refractivity contribution >= 4 is 17.5 Å². The van der Waals surface area contributed by atoms with Crippen LogP contribution in [0.3, 0.4) is 0 Å². The van der Waals surface area contributed by atoms with E-state index in [9.17, 15) is 9.59 Å². The number of amides is 2. The number of hydrogen-bond donors (Lipinski definition) is 1. The zero-order chi connectivity index (χ0) is 21.8. The fourth-order valence-electron chi connectivity index (χ4n) is 3.90. The van der Waals surface area contributed by atoms with E-state index in [4.69, 9.17) is 0 Å². The average molecular weight is 414 g/mol. The van der Waals surface area contributed by atoms with E-state index in [2.05, 4.69) is 5.32 Å². The van der Waals surface area contributed by atoms with Gasteiger partial charge in [-0.1, -0.05) is 72.8 Å². The molecule has 1 unspecified atom stereocenters. The summed E-state index contributed by atoms with van der Waals surface area (Å²) in [5.41, 5.74) is 3.86. The predicted molar refractivity (Wildman–Crippen MR) is 123 cm³/mol. The Kier molecular flexibility index (Phi) is 6.03. The van der Waals surface area contributed by atoms with Crippen molar-refractivity contribution in [2.75, 3.05) is 25.5 Å². The number of β-lactam (4-membered cyclic amide) rings is 1. The standard InChI is InChI=1S/C26H27N3O2/c1-28(2)22-15-13-21(14-16-22)25(29-18-17-23(29)30)26(31)27-24(19-9-5-3-6-10-19)20-11-7-4-8-12-20/h3-16,24-25H,17-18H2,1-2H3,(H,27,31). The first-order valence-electron chi connectivity index (χ1n) is 10.5. The second-order valence-corrected chi connectivity index (χ2v) is 7.99. The van der Waals surface area contributed by atoms with Crippen LogP contribution in [0.4, 0.5) is 5.69 Å². The van der Waals surface area contributed by atoms with Gasteiger partial charge in [0.15, 0.2) is 0 Å². The largest absolute Gasteiger partial charge is 0.378 e. The lowest BCUT2D eigenvalue weighted by molar-refractivity contribution is -0.149. The Balaban J connectivity index is 1.66. The molecule has 1 saturated heterocycles. The first-order chi connectivity index (χ1) is 15.0. The molecule has 1 fully saturated rings. The molecule has 158 valence electrons. The van der Waals surface area contributed by atoms with E-state index in [0.717, 1.165) is 22.4 Å². The van der Waals surface area contributed by atoms with E-state index in [1.165, 1.54) is 0 Å². The first kappa shape index (κ1) is 20.7. The van der Waals surface area contributed by atoms with Gasteiger partial charge in [0.2, 0.25) is 11.8 Å². The van der Waals surface area contributed by atoms with Gasteiger partial charge in [-0.15, -0.1) is 0 Å². The topological polar surface area (TPSA) is 52.7 Å². The lowest BCUT2D eigenvalue weighted by atomic mass is 9.96. The van der Waals surface area contributed by atoms with Crippen LogP contribution in [0.5, 0.6) is 0 Å². The van der Waals surface area contributed by atoms with E-state index in [1.54, 1.807) is 4.90 Å². The van der Waals surface area contributed by atoms with Crippen LogP contribution in [0.25, 0.3) is 0 Å². The smallest absolute Gasteiger partial charge is 0.248 e. The molecule has 0 aromatic heterocycles. The first-order valence-corrected chi connectivity index (χ1v) is 10.5. The van der Waals surface area contributed by atoms with Crippen LogP contribution in [0.1, 0.15) is 35.2 Å². The number of likely N-dealkylation sites (tertiary alicyclic amines) is 1. The number of rotatable bonds is 7. The number of carbonyl (C=O) groups is 2. The quantitative estimate of drug-likeness (QED) is 0.597. The third-order valence-electron chi connectivity index (χ3n) is 5.72. The number of carbonyl (C=O) groups excluding carboxylic acids is 2. The van der Waals surface area contributed by atoms with Gasteiger partial charge in [-0.3, -0.25) is 9.59 Å². The van der Waals surface area contributed by atoms with E-state index in [-0.39, 0.29) is 17.9 Å². The lowest BCUT2D eigenvalue weighted by Gasteiger charge is -2.38. The van der Waals surface area contributed by atoms with Crippen LogP contribution < -0.4 is 10.2 Å². The van der Waals surface area contributed by atoms with Gasteiger partial charge in [-0.05, 0) is 28.8 Å². The van der Waals surface area contributed by atoms with Crippen molar-refractivity contribution in [3.8, 4) is 0 Å². The number of anilines is 1. The van der Waals surface area contributed by atoms with Gasteiger partial charge < -0.3 is 15.1 Å². The summed E-state index contributed by atoms with van der Waals surface area (Å²) >= 11 is 0. The third-order valence-corrected chi connectivity index (χ3v) is 5.72. The highest BCUT2D eigenvalue weighted by Crippen LogP contribution is 2.30. The van der Waals surface area contributed by atoms with Crippen molar-refractivity contribution in [3.63, 3.8) is 0 Å². The molecule has 0 saturated carbocycles. The summed E-state index contributed by atoms with van der Waals surface area (Å²) in [6.45, 7) is 0.591. The van der Waals surface area contributed by atoms with Crippen molar-refractivity contribution in [1.82, 2.24) is 10.2 Å².